The molecule has 1 atom stereocenters. The fourth-order valence-electron chi connectivity index (χ4n) is 5.19. The van der Waals surface area contributed by atoms with Gasteiger partial charge in [-0.25, -0.2) is 0 Å². The second-order valence-corrected chi connectivity index (χ2v) is 9.09. The molecular weight excluding hydrogens is 370 g/mol. The van der Waals surface area contributed by atoms with Crippen molar-refractivity contribution in [1.29, 1.82) is 0 Å². The van der Waals surface area contributed by atoms with E-state index >= 15 is 0 Å². The van der Waals surface area contributed by atoms with Crippen LogP contribution in [-0.4, -0.2) is 65.7 Å². The molecular formula is C22H33N3O4. The minimum atomic E-state index is 0.172. The van der Waals surface area contributed by atoms with Crippen LogP contribution in [-0.2, 0) is 20.7 Å². The third-order valence-electron chi connectivity index (χ3n) is 7.14. The van der Waals surface area contributed by atoms with E-state index in [-0.39, 0.29) is 23.3 Å². The van der Waals surface area contributed by atoms with Gasteiger partial charge in [0, 0.05) is 51.2 Å². The van der Waals surface area contributed by atoms with Gasteiger partial charge in [-0.15, -0.1) is 0 Å². The lowest BCUT2D eigenvalue weighted by molar-refractivity contribution is -0.144. The summed E-state index contributed by atoms with van der Waals surface area (Å²) in [5, 5.41) is 3.97. The maximum Gasteiger partial charge on any atom is 0.222 e. The van der Waals surface area contributed by atoms with E-state index in [9.17, 15) is 9.59 Å². The topological polar surface area (TPSA) is 75.9 Å². The number of nitrogens with zero attached hydrogens (tertiary/aromatic N) is 3. The van der Waals surface area contributed by atoms with E-state index in [1.807, 2.05) is 23.6 Å². The van der Waals surface area contributed by atoms with Gasteiger partial charge in [-0.3, -0.25) is 9.59 Å². The Bertz CT molecular complexity index is 726. The van der Waals surface area contributed by atoms with E-state index in [4.69, 9.17) is 9.26 Å². The molecule has 0 radical (unpaired) electrons. The standard InChI is InChI=1S/C22H33N3O4/c1-16-19(17(2)29-23-16)5-6-20(26)24-11-9-22(10-12-24)8-7-21(27)25(15-22)14-18-4-3-13-28-18/h18H,3-15H2,1-2H3. The molecule has 1 aromatic rings. The number of likely N-dealkylation sites (tertiary alicyclic amines) is 2. The molecule has 0 aromatic carbocycles. The van der Waals surface area contributed by atoms with E-state index in [0.29, 0.717) is 19.3 Å². The Hall–Kier alpha value is -1.89. The Morgan fingerprint density at radius 1 is 1.24 bits per heavy atom. The summed E-state index contributed by atoms with van der Waals surface area (Å²) in [6.45, 7) is 7.80. The molecule has 1 unspecified atom stereocenters. The summed E-state index contributed by atoms with van der Waals surface area (Å²) in [7, 11) is 0. The van der Waals surface area contributed by atoms with Gasteiger partial charge >= 0.3 is 0 Å². The minimum Gasteiger partial charge on any atom is -0.376 e. The average molecular weight is 404 g/mol. The summed E-state index contributed by atoms with van der Waals surface area (Å²) in [4.78, 5) is 29.2. The smallest absolute Gasteiger partial charge is 0.222 e. The van der Waals surface area contributed by atoms with Crippen molar-refractivity contribution in [2.45, 2.75) is 71.3 Å². The van der Waals surface area contributed by atoms with E-state index in [2.05, 4.69) is 5.16 Å². The van der Waals surface area contributed by atoms with Crippen molar-refractivity contribution < 1.29 is 18.8 Å². The van der Waals surface area contributed by atoms with E-state index in [0.717, 1.165) is 81.9 Å². The average Bonchev–Trinajstić information content (AvgIpc) is 3.34. The second-order valence-electron chi connectivity index (χ2n) is 9.09. The zero-order valence-corrected chi connectivity index (χ0v) is 17.7. The number of carbonyl (C=O) groups is 2. The fourth-order valence-corrected chi connectivity index (χ4v) is 5.19. The number of hydrogen-bond donors (Lipinski definition) is 0. The molecule has 160 valence electrons. The molecule has 3 saturated heterocycles. The third-order valence-corrected chi connectivity index (χ3v) is 7.14. The molecule has 1 spiro atoms. The normalized spacial score (nSPS) is 24.5. The summed E-state index contributed by atoms with van der Waals surface area (Å²) >= 11 is 0. The molecule has 1 aromatic heterocycles. The van der Waals surface area contributed by atoms with Crippen molar-refractivity contribution in [1.82, 2.24) is 15.0 Å². The van der Waals surface area contributed by atoms with Crippen LogP contribution >= 0.6 is 0 Å². The second kappa shape index (κ2) is 8.46. The summed E-state index contributed by atoms with van der Waals surface area (Å²) in [6, 6.07) is 0. The fraction of sp³-hybridized carbons (Fsp3) is 0.773. The highest BCUT2D eigenvalue weighted by Gasteiger charge is 2.42. The van der Waals surface area contributed by atoms with Crippen LogP contribution in [0.4, 0.5) is 0 Å². The van der Waals surface area contributed by atoms with Crippen LogP contribution < -0.4 is 0 Å². The van der Waals surface area contributed by atoms with Gasteiger partial charge in [-0.2, -0.15) is 0 Å². The maximum absolute atomic E-state index is 12.7. The minimum absolute atomic E-state index is 0.172. The first-order valence-corrected chi connectivity index (χ1v) is 11.0. The van der Waals surface area contributed by atoms with Gasteiger partial charge in [0.25, 0.3) is 0 Å². The zero-order chi connectivity index (χ0) is 20.4. The lowest BCUT2D eigenvalue weighted by atomic mass is 9.72. The van der Waals surface area contributed by atoms with E-state index in [1.165, 1.54) is 0 Å². The van der Waals surface area contributed by atoms with Crippen molar-refractivity contribution >= 4 is 11.8 Å². The van der Waals surface area contributed by atoms with Crippen molar-refractivity contribution in [2.24, 2.45) is 5.41 Å². The van der Waals surface area contributed by atoms with E-state index in [1.54, 1.807) is 0 Å². The van der Waals surface area contributed by atoms with Gasteiger partial charge in [0.1, 0.15) is 5.76 Å². The van der Waals surface area contributed by atoms with Crippen LogP contribution in [0, 0.1) is 19.3 Å². The van der Waals surface area contributed by atoms with Gasteiger partial charge in [0.15, 0.2) is 0 Å². The van der Waals surface area contributed by atoms with Crippen molar-refractivity contribution in [2.75, 3.05) is 32.8 Å². The number of piperidine rings is 2. The Balaban J connectivity index is 1.28. The summed E-state index contributed by atoms with van der Waals surface area (Å²) in [5.41, 5.74) is 2.11. The maximum atomic E-state index is 12.7. The number of aromatic nitrogens is 1. The third kappa shape index (κ3) is 4.49. The first-order valence-electron chi connectivity index (χ1n) is 11.0. The molecule has 29 heavy (non-hydrogen) atoms. The highest BCUT2D eigenvalue weighted by molar-refractivity contribution is 5.78. The first-order chi connectivity index (χ1) is 14.0. The zero-order valence-electron chi connectivity index (χ0n) is 17.7. The molecule has 2 amide bonds. The molecule has 0 bridgehead atoms. The number of carbonyl (C=O) groups excluding carboxylic acids is 2. The molecule has 3 fully saturated rings. The van der Waals surface area contributed by atoms with Crippen molar-refractivity contribution in [3.05, 3.63) is 17.0 Å². The lowest BCUT2D eigenvalue weighted by Gasteiger charge is -2.47. The van der Waals surface area contributed by atoms with Crippen LogP contribution in [0.5, 0.6) is 0 Å². The lowest BCUT2D eigenvalue weighted by Crippen LogP contribution is -2.53. The molecule has 3 aliphatic rings. The SMILES string of the molecule is Cc1noc(C)c1CCC(=O)N1CCC2(CCC(=O)N(CC3CCCO3)C2)CC1. The molecule has 4 rings (SSSR count). The number of hydrogen-bond acceptors (Lipinski definition) is 5. The Morgan fingerprint density at radius 2 is 2.03 bits per heavy atom. The molecule has 0 aliphatic carbocycles. The van der Waals surface area contributed by atoms with Crippen molar-refractivity contribution in [3.63, 3.8) is 0 Å². The monoisotopic (exact) mass is 403 g/mol. The summed E-state index contributed by atoms with van der Waals surface area (Å²) in [6.07, 6.45) is 7.11. The van der Waals surface area contributed by atoms with Crippen LogP contribution in [0.3, 0.4) is 0 Å². The van der Waals surface area contributed by atoms with Crippen LogP contribution in [0.15, 0.2) is 4.52 Å². The highest BCUT2D eigenvalue weighted by atomic mass is 16.5. The summed E-state index contributed by atoms with van der Waals surface area (Å²) < 4.78 is 10.9. The van der Waals surface area contributed by atoms with Gasteiger partial charge < -0.3 is 19.1 Å². The predicted molar refractivity (Wildman–Crippen MR) is 107 cm³/mol. The number of aryl methyl sites for hydroxylation is 2. The van der Waals surface area contributed by atoms with Crippen LogP contribution in [0.2, 0.25) is 0 Å². The molecule has 7 nitrogen and oxygen atoms in total. The van der Waals surface area contributed by atoms with Crippen molar-refractivity contribution in [3.8, 4) is 0 Å². The first kappa shape index (κ1) is 20.4. The number of amides is 2. The summed E-state index contributed by atoms with van der Waals surface area (Å²) in [5.74, 6) is 1.29. The van der Waals surface area contributed by atoms with Crippen LogP contribution in [0.1, 0.15) is 62.0 Å². The Labute approximate surface area is 172 Å². The van der Waals surface area contributed by atoms with Gasteiger partial charge in [-0.05, 0) is 57.8 Å². The van der Waals surface area contributed by atoms with Crippen LogP contribution in [0.25, 0.3) is 0 Å². The molecule has 3 aliphatic heterocycles. The largest absolute Gasteiger partial charge is 0.376 e. The Morgan fingerprint density at radius 3 is 2.69 bits per heavy atom. The van der Waals surface area contributed by atoms with Gasteiger partial charge in [0.2, 0.25) is 11.8 Å². The molecule has 0 saturated carbocycles. The number of ether oxygens (including phenoxy) is 1. The molecule has 4 heterocycles. The van der Waals surface area contributed by atoms with E-state index < -0.39 is 0 Å². The quantitative estimate of drug-likeness (QED) is 0.755. The van der Waals surface area contributed by atoms with Gasteiger partial charge in [-0.1, -0.05) is 5.16 Å². The number of rotatable bonds is 5. The molecule has 7 heteroatoms. The van der Waals surface area contributed by atoms with Gasteiger partial charge in [0.05, 0.1) is 11.8 Å². The highest BCUT2D eigenvalue weighted by Crippen LogP contribution is 2.40. The molecule has 0 N–H and O–H groups in total. The Kier molecular flexibility index (Phi) is 5.95. The predicted octanol–water partition coefficient (Wildman–Crippen LogP) is 2.63.